The van der Waals surface area contributed by atoms with E-state index in [2.05, 4.69) is 22.5 Å². The Morgan fingerprint density at radius 3 is 2.70 bits per heavy atom. The lowest BCUT2D eigenvalue weighted by molar-refractivity contribution is 0.370. The maximum Gasteiger partial charge on any atom is 0.191 e. The van der Waals surface area contributed by atoms with E-state index in [1.54, 1.807) is 13.2 Å². The van der Waals surface area contributed by atoms with Crippen LogP contribution in [0.25, 0.3) is 0 Å². The van der Waals surface area contributed by atoms with Crippen molar-refractivity contribution >= 4 is 29.9 Å². The lowest BCUT2D eigenvalue weighted by Crippen LogP contribution is -2.44. The summed E-state index contributed by atoms with van der Waals surface area (Å²) in [7, 11) is 1.55. The SMILES string of the molecule is CCNC(=NCc1cccc(OC)c1O)NC1CCCCC1.I. The van der Waals surface area contributed by atoms with E-state index < -0.39 is 0 Å². The molecule has 1 aromatic carbocycles. The summed E-state index contributed by atoms with van der Waals surface area (Å²) >= 11 is 0. The van der Waals surface area contributed by atoms with Crippen molar-refractivity contribution in [2.75, 3.05) is 13.7 Å². The Bertz CT molecular complexity index is 503. The van der Waals surface area contributed by atoms with Gasteiger partial charge in [-0.2, -0.15) is 0 Å². The number of hydrogen-bond donors (Lipinski definition) is 3. The second-order valence-electron chi connectivity index (χ2n) is 5.64. The first-order chi connectivity index (χ1) is 10.7. The Morgan fingerprint density at radius 1 is 1.30 bits per heavy atom. The molecule has 1 saturated carbocycles. The second kappa shape index (κ2) is 10.6. The number of halogens is 1. The van der Waals surface area contributed by atoms with E-state index >= 15 is 0 Å². The molecule has 0 amide bonds. The summed E-state index contributed by atoms with van der Waals surface area (Å²) in [5.74, 6) is 1.47. The Kier molecular flexibility index (Phi) is 9.13. The maximum atomic E-state index is 10.1. The number of nitrogens with one attached hydrogen (secondary N) is 2. The van der Waals surface area contributed by atoms with Crippen LogP contribution < -0.4 is 15.4 Å². The molecule has 0 heterocycles. The number of guanidine groups is 1. The minimum Gasteiger partial charge on any atom is -0.504 e. The zero-order valence-electron chi connectivity index (χ0n) is 14.0. The van der Waals surface area contributed by atoms with Gasteiger partial charge in [-0.05, 0) is 25.8 Å². The van der Waals surface area contributed by atoms with E-state index in [9.17, 15) is 5.11 Å². The fourth-order valence-corrected chi connectivity index (χ4v) is 2.78. The highest BCUT2D eigenvalue weighted by Crippen LogP contribution is 2.29. The molecule has 23 heavy (non-hydrogen) atoms. The lowest BCUT2D eigenvalue weighted by atomic mass is 9.96. The number of para-hydroxylation sites is 1. The van der Waals surface area contributed by atoms with Gasteiger partial charge in [-0.1, -0.05) is 31.4 Å². The molecule has 1 aliphatic rings. The van der Waals surface area contributed by atoms with Gasteiger partial charge in [0.25, 0.3) is 0 Å². The van der Waals surface area contributed by atoms with E-state index in [-0.39, 0.29) is 29.7 Å². The Morgan fingerprint density at radius 2 is 2.04 bits per heavy atom. The topological polar surface area (TPSA) is 65.9 Å². The van der Waals surface area contributed by atoms with Gasteiger partial charge < -0.3 is 20.5 Å². The van der Waals surface area contributed by atoms with E-state index in [1.807, 2.05) is 12.1 Å². The number of rotatable bonds is 5. The number of hydrogen-bond acceptors (Lipinski definition) is 3. The molecule has 1 aromatic rings. The molecule has 0 atom stereocenters. The van der Waals surface area contributed by atoms with Crippen LogP contribution in [-0.2, 0) is 6.54 Å². The summed E-state index contributed by atoms with van der Waals surface area (Å²) in [6, 6.07) is 5.98. The van der Waals surface area contributed by atoms with Crippen LogP contribution in [-0.4, -0.2) is 30.8 Å². The number of phenolic OH excluding ortho intramolecular Hbond substituents is 1. The average molecular weight is 433 g/mol. The van der Waals surface area contributed by atoms with Crippen molar-refractivity contribution in [2.24, 2.45) is 4.99 Å². The average Bonchev–Trinajstić information content (AvgIpc) is 2.55. The zero-order chi connectivity index (χ0) is 15.8. The van der Waals surface area contributed by atoms with Crippen LogP contribution in [0.15, 0.2) is 23.2 Å². The van der Waals surface area contributed by atoms with Crippen molar-refractivity contribution in [3.05, 3.63) is 23.8 Å². The summed E-state index contributed by atoms with van der Waals surface area (Å²) in [4.78, 5) is 4.59. The molecule has 0 bridgehead atoms. The third kappa shape index (κ3) is 6.08. The summed E-state index contributed by atoms with van der Waals surface area (Å²) in [6.07, 6.45) is 6.31. The Balaban J connectivity index is 0.00000264. The summed E-state index contributed by atoms with van der Waals surface area (Å²) < 4.78 is 5.13. The van der Waals surface area contributed by atoms with Crippen molar-refractivity contribution in [2.45, 2.75) is 51.6 Å². The van der Waals surface area contributed by atoms with Crippen molar-refractivity contribution in [1.29, 1.82) is 0 Å². The fourth-order valence-electron chi connectivity index (χ4n) is 2.78. The van der Waals surface area contributed by atoms with Gasteiger partial charge >= 0.3 is 0 Å². The molecule has 1 aliphatic carbocycles. The van der Waals surface area contributed by atoms with Gasteiger partial charge in [0.15, 0.2) is 17.5 Å². The minimum atomic E-state index is 0. The van der Waals surface area contributed by atoms with Gasteiger partial charge in [0, 0.05) is 18.2 Å². The van der Waals surface area contributed by atoms with Crippen LogP contribution in [0.3, 0.4) is 0 Å². The highest BCUT2D eigenvalue weighted by atomic mass is 127. The molecule has 130 valence electrons. The first-order valence-electron chi connectivity index (χ1n) is 8.14. The fraction of sp³-hybridized carbons (Fsp3) is 0.588. The predicted octanol–water partition coefficient (Wildman–Crippen LogP) is 3.41. The molecular weight excluding hydrogens is 405 g/mol. The highest BCUT2D eigenvalue weighted by Gasteiger charge is 2.14. The van der Waals surface area contributed by atoms with Gasteiger partial charge in [-0.3, -0.25) is 0 Å². The van der Waals surface area contributed by atoms with Crippen molar-refractivity contribution in [3.63, 3.8) is 0 Å². The van der Waals surface area contributed by atoms with Gasteiger partial charge in [0.05, 0.1) is 13.7 Å². The number of aliphatic imine (C=N–C) groups is 1. The molecule has 0 spiro atoms. The first-order valence-corrected chi connectivity index (χ1v) is 8.14. The molecule has 0 aliphatic heterocycles. The normalized spacial score (nSPS) is 15.7. The molecule has 3 N–H and O–H groups in total. The summed E-state index contributed by atoms with van der Waals surface area (Å²) in [6.45, 7) is 3.30. The number of benzene rings is 1. The second-order valence-corrected chi connectivity index (χ2v) is 5.64. The smallest absolute Gasteiger partial charge is 0.191 e. The number of phenols is 1. The molecule has 0 unspecified atom stereocenters. The Labute approximate surface area is 155 Å². The quantitative estimate of drug-likeness (QED) is 0.378. The minimum absolute atomic E-state index is 0. The monoisotopic (exact) mass is 433 g/mol. The number of nitrogens with zero attached hydrogens (tertiary/aromatic N) is 1. The van der Waals surface area contributed by atoms with Crippen LogP contribution in [0.1, 0.15) is 44.6 Å². The van der Waals surface area contributed by atoms with Gasteiger partial charge in [0.1, 0.15) is 0 Å². The molecule has 1 fully saturated rings. The molecule has 0 aromatic heterocycles. The molecule has 6 heteroatoms. The zero-order valence-corrected chi connectivity index (χ0v) is 16.3. The van der Waals surface area contributed by atoms with Gasteiger partial charge in [-0.25, -0.2) is 4.99 Å². The number of aromatic hydroxyl groups is 1. The molecule has 5 nitrogen and oxygen atoms in total. The van der Waals surface area contributed by atoms with Crippen LogP contribution in [0, 0.1) is 0 Å². The van der Waals surface area contributed by atoms with E-state index in [0.717, 1.165) is 18.1 Å². The van der Waals surface area contributed by atoms with E-state index in [4.69, 9.17) is 4.74 Å². The predicted molar refractivity (Wildman–Crippen MR) is 105 cm³/mol. The van der Waals surface area contributed by atoms with E-state index in [1.165, 1.54) is 32.1 Å². The van der Waals surface area contributed by atoms with Gasteiger partial charge in [-0.15, -0.1) is 24.0 Å². The van der Waals surface area contributed by atoms with Crippen LogP contribution in [0.2, 0.25) is 0 Å². The molecular formula is C17H28IN3O2. The third-order valence-corrected chi connectivity index (χ3v) is 4.00. The van der Waals surface area contributed by atoms with Crippen molar-refractivity contribution < 1.29 is 9.84 Å². The maximum absolute atomic E-state index is 10.1. The summed E-state index contributed by atoms with van der Waals surface area (Å²) in [5, 5.41) is 16.9. The first kappa shape index (κ1) is 19.9. The molecule has 2 rings (SSSR count). The summed E-state index contributed by atoms with van der Waals surface area (Å²) in [5.41, 5.74) is 0.764. The van der Waals surface area contributed by atoms with Crippen molar-refractivity contribution in [3.8, 4) is 11.5 Å². The molecule has 0 saturated heterocycles. The van der Waals surface area contributed by atoms with Gasteiger partial charge in [0.2, 0.25) is 0 Å². The van der Waals surface area contributed by atoms with Crippen LogP contribution in [0.5, 0.6) is 11.5 Å². The van der Waals surface area contributed by atoms with Crippen LogP contribution in [0.4, 0.5) is 0 Å². The number of ether oxygens (including phenoxy) is 1. The van der Waals surface area contributed by atoms with Crippen LogP contribution >= 0.6 is 24.0 Å². The Hall–Kier alpha value is -1.18. The largest absolute Gasteiger partial charge is 0.504 e. The molecule has 0 radical (unpaired) electrons. The third-order valence-electron chi connectivity index (χ3n) is 4.00. The standard InChI is InChI=1S/C17H27N3O2.HI/c1-3-18-17(20-14-9-5-4-6-10-14)19-12-13-8-7-11-15(22-2)16(13)21;/h7-8,11,14,21H,3-6,9-10,12H2,1-2H3,(H2,18,19,20);1H. The highest BCUT2D eigenvalue weighted by molar-refractivity contribution is 14.0. The van der Waals surface area contributed by atoms with Crippen molar-refractivity contribution in [1.82, 2.24) is 10.6 Å². The lowest BCUT2D eigenvalue weighted by Gasteiger charge is -2.24. The van der Waals surface area contributed by atoms with E-state index in [0.29, 0.717) is 18.3 Å². The number of methoxy groups -OCH3 is 1.